The van der Waals surface area contributed by atoms with Crippen molar-refractivity contribution in [2.45, 2.75) is 13.5 Å². The van der Waals surface area contributed by atoms with Crippen molar-refractivity contribution in [3.05, 3.63) is 107 Å². The second-order valence-corrected chi connectivity index (χ2v) is 9.62. The fraction of sp³-hybridized carbons (Fsp3) is 0.129. The van der Waals surface area contributed by atoms with Crippen LogP contribution in [0.25, 0.3) is 11.1 Å². The molecule has 0 aromatic heterocycles. The lowest BCUT2D eigenvalue weighted by Gasteiger charge is -2.15. The maximum atomic E-state index is 13.0. The van der Waals surface area contributed by atoms with Gasteiger partial charge in [-0.1, -0.05) is 36.4 Å². The highest BCUT2D eigenvalue weighted by Gasteiger charge is 2.27. The van der Waals surface area contributed by atoms with E-state index in [1.165, 1.54) is 0 Å². The Morgan fingerprint density at radius 1 is 0.821 bits per heavy atom. The van der Waals surface area contributed by atoms with Gasteiger partial charge in [0, 0.05) is 43.3 Å². The van der Waals surface area contributed by atoms with Gasteiger partial charge in [0.25, 0.3) is 11.8 Å². The van der Waals surface area contributed by atoms with Crippen LogP contribution in [0.5, 0.6) is 0 Å². The van der Waals surface area contributed by atoms with Gasteiger partial charge < -0.3 is 26.2 Å². The fourth-order valence-electron chi connectivity index (χ4n) is 4.59. The molecule has 0 bridgehead atoms. The Bertz CT molecular complexity index is 1580. The van der Waals surface area contributed by atoms with Crippen LogP contribution in [0, 0.1) is 6.92 Å². The summed E-state index contributed by atoms with van der Waals surface area (Å²) in [5.41, 5.74) is 7.35. The summed E-state index contributed by atoms with van der Waals surface area (Å²) in [4.78, 5) is 40.1. The summed E-state index contributed by atoms with van der Waals surface area (Å²) in [6.45, 7) is 2.33. The first kappa shape index (κ1) is 25.5. The standard InChI is InChI=1S/C31H29N5O3/c1-19-6-4-8-23(16-19)34-31(39)33-22-12-10-20(11-13-22)25-14-15-27(28-26(25)18-32-30(28)38)35-29(37)21-7-5-9-24(17-21)36(2)3/h4-17H,18H2,1-3H3,(H,32,38)(H,35,37)(H2,33,34,39). The van der Waals surface area contributed by atoms with Gasteiger partial charge in [-0.05, 0) is 77.7 Å². The number of aryl methyl sites for hydroxylation is 1. The second-order valence-electron chi connectivity index (χ2n) is 9.62. The number of benzene rings is 4. The number of nitrogens with zero attached hydrogens (tertiary/aromatic N) is 1. The molecular formula is C31H29N5O3. The number of carbonyl (C=O) groups is 3. The van der Waals surface area contributed by atoms with Crippen LogP contribution in [0.15, 0.2) is 84.9 Å². The molecule has 196 valence electrons. The number of carbonyl (C=O) groups excluding carboxylic acids is 3. The van der Waals surface area contributed by atoms with Crippen molar-refractivity contribution in [2.75, 3.05) is 34.9 Å². The van der Waals surface area contributed by atoms with Crippen molar-refractivity contribution in [1.29, 1.82) is 0 Å². The Kier molecular flexibility index (Phi) is 7.01. The lowest BCUT2D eigenvalue weighted by Crippen LogP contribution is -2.19. The molecule has 1 aliphatic heterocycles. The summed E-state index contributed by atoms with van der Waals surface area (Å²) in [7, 11) is 3.83. The first-order valence-electron chi connectivity index (χ1n) is 12.6. The van der Waals surface area contributed by atoms with Crippen LogP contribution in [0.4, 0.5) is 27.5 Å². The maximum absolute atomic E-state index is 13.0. The van der Waals surface area contributed by atoms with Gasteiger partial charge in [0.05, 0.1) is 11.3 Å². The molecule has 1 heterocycles. The zero-order valence-electron chi connectivity index (χ0n) is 22.0. The minimum atomic E-state index is -0.333. The van der Waals surface area contributed by atoms with E-state index in [0.29, 0.717) is 29.0 Å². The molecule has 39 heavy (non-hydrogen) atoms. The Morgan fingerprint density at radius 2 is 1.56 bits per heavy atom. The van der Waals surface area contributed by atoms with Gasteiger partial charge in [-0.25, -0.2) is 4.79 Å². The van der Waals surface area contributed by atoms with Crippen molar-refractivity contribution in [3.63, 3.8) is 0 Å². The zero-order valence-corrected chi connectivity index (χ0v) is 22.0. The minimum absolute atomic E-state index is 0.227. The third kappa shape index (κ3) is 5.60. The van der Waals surface area contributed by atoms with Gasteiger partial charge in [0.15, 0.2) is 0 Å². The van der Waals surface area contributed by atoms with E-state index in [1.54, 1.807) is 18.2 Å². The Hall–Kier alpha value is -5.11. The molecule has 8 heteroatoms. The number of hydrogen-bond acceptors (Lipinski definition) is 4. The number of nitrogens with one attached hydrogen (secondary N) is 4. The number of amides is 4. The molecule has 0 fully saturated rings. The second kappa shape index (κ2) is 10.7. The van der Waals surface area contributed by atoms with E-state index >= 15 is 0 Å². The van der Waals surface area contributed by atoms with Crippen molar-refractivity contribution in [1.82, 2.24) is 5.32 Å². The fourth-order valence-corrected chi connectivity index (χ4v) is 4.59. The minimum Gasteiger partial charge on any atom is -0.378 e. The first-order chi connectivity index (χ1) is 18.8. The molecule has 0 spiro atoms. The van der Waals surface area contributed by atoms with Gasteiger partial charge >= 0.3 is 6.03 Å². The summed E-state index contributed by atoms with van der Waals surface area (Å²) < 4.78 is 0. The molecule has 0 unspecified atom stereocenters. The van der Waals surface area contributed by atoms with Crippen LogP contribution in [0.3, 0.4) is 0 Å². The van der Waals surface area contributed by atoms with Crippen LogP contribution in [0.1, 0.15) is 31.8 Å². The number of anilines is 4. The van der Waals surface area contributed by atoms with Crippen molar-refractivity contribution in [2.24, 2.45) is 0 Å². The van der Waals surface area contributed by atoms with Crippen LogP contribution < -0.4 is 26.2 Å². The molecule has 0 atom stereocenters. The summed E-state index contributed by atoms with van der Waals surface area (Å²) in [6, 6.07) is 25.6. The smallest absolute Gasteiger partial charge is 0.323 e. The normalized spacial score (nSPS) is 11.8. The SMILES string of the molecule is Cc1cccc(NC(=O)Nc2ccc(-c3ccc(NC(=O)c4cccc(N(C)C)c4)c4c3CNC4=O)cc2)c1. The molecule has 4 amide bonds. The highest BCUT2D eigenvalue weighted by molar-refractivity contribution is 6.12. The van der Waals surface area contributed by atoms with E-state index in [2.05, 4.69) is 21.3 Å². The predicted molar refractivity (Wildman–Crippen MR) is 156 cm³/mol. The Labute approximate surface area is 227 Å². The molecule has 8 nitrogen and oxygen atoms in total. The lowest BCUT2D eigenvalue weighted by molar-refractivity contribution is 0.0966. The Balaban J connectivity index is 1.34. The Morgan fingerprint density at radius 3 is 2.31 bits per heavy atom. The average molecular weight is 520 g/mol. The van der Waals surface area contributed by atoms with E-state index in [1.807, 2.05) is 92.6 Å². The van der Waals surface area contributed by atoms with E-state index in [-0.39, 0.29) is 17.8 Å². The third-order valence-corrected chi connectivity index (χ3v) is 6.57. The van der Waals surface area contributed by atoms with Gasteiger partial charge in [-0.3, -0.25) is 9.59 Å². The number of rotatable bonds is 6. The molecule has 4 aromatic rings. The molecule has 0 aliphatic carbocycles. The van der Waals surface area contributed by atoms with Crippen LogP contribution in [-0.2, 0) is 6.54 Å². The predicted octanol–water partition coefficient (Wildman–Crippen LogP) is 5.87. The number of hydrogen-bond donors (Lipinski definition) is 4. The van der Waals surface area contributed by atoms with Crippen LogP contribution in [0.2, 0.25) is 0 Å². The summed E-state index contributed by atoms with van der Waals surface area (Å²) >= 11 is 0. The molecular weight excluding hydrogens is 490 g/mol. The molecule has 1 aliphatic rings. The summed E-state index contributed by atoms with van der Waals surface area (Å²) in [5, 5.41) is 11.5. The van der Waals surface area contributed by atoms with E-state index in [4.69, 9.17) is 0 Å². The lowest BCUT2D eigenvalue weighted by atomic mass is 9.95. The average Bonchev–Trinajstić information content (AvgIpc) is 3.31. The summed E-state index contributed by atoms with van der Waals surface area (Å²) in [6.07, 6.45) is 0. The molecule has 0 saturated carbocycles. The molecule has 0 saturated heterocycles. The van der Waals surface area contributed by atoms with E-state index < -0.39 is 0 Å². The highest BCUT2D eigenvalue weighted by atomic mass is 16.2. The van der Waals surface area contributed by atoms with E-state index in [0.717, 1.165) is 33.6 Å². The topological polar surface area (TPSA) is 103 Å². The number of fused-ring (bicyclic) bond motifs is 1. The first-order valence-corrected chi connectivity index (χ1v) is 12.6. The maximum Gasteiger partial charge on any atom is 0.323 e. The van der Waals surface area contributed by atoms with Gasteiger partial charge in [0.1, 0.15) is 0 Å². The van der Waals surface area contributed by atoms with Gasteiger partial charge in [0.2, 0.25) is 0 Å². The van der Waals surface area contributed by atoms with Crippen molar-refractivity contribution >= 4 is 40.6 Å². The molecule has 4 aromatic carbocycles. The monoisotopic (exact) mass is 519 g/mol. The summed E-state index contributed by atoms with van der Waals surface area (Å²) in [5.74, 6) is -0.511. The van der Waals surface area contributed by atoms with Gasteiger partial charge in [-0.15, -0.1) is 0 Å². The van der Waals surface area contributed by atoms with Gasteiger partial charge in [-0.2, -0.15) is 0 Å². The zero-order chi connectivity index (χ0) is 27.5. The van der Waals surface area contributed by atoms with E-state index in [9.17, 15) is 14.4 Å². The largest absolute Gasteiger partial charge is 0.378 e. The van der Waals surface area contributed by atoms with Crippen LogP contribution in [-0.4, -0.2) is 31.9 Å². The third-order valence-electron chi connectivity index (χ3n) is 6.57. The number of urea groups is 1. The quantitative estimate of drug-likeness (QED) is 0.256. The molecule has 0 radical (unpaired) electrons. The van der Waals surface area contributed by atoms with Crippen molar-refractivity contribution in [3.8, 4) is 11.1 Å². The highest BCUT2D eigenvalue weighted by Crippen LogP contribution is 2.35. The van der Waals surface area contributed by atoms with Crippen molar-refractivity contribution < 1.29 is 14.4 Å². The van der Waals surface area contributed by atoms with Crippen LogP contribution >= 0.6 is 0 Å². The molecule has 4 N–H and O–H groups in total. The molecule has 5 rings (SSSR count).